The third-order valence-electron chi connectivity index (χ3n) is 4.52. The molecule has 7 nitrogen and oxygen atoms in total. The molecule has 0 spiro atoms. The number of para-hydroxylation sites is 1. The van der Waals surface area contributed by atoms with Crippen LogP contribution in [-0.2, 0) is 20.6 Å². The van der Waals surface area contributed by atoms with Crippen LogP contribution in [0.5, 0.6) is 0 Å². The van der Waals surface area contributed by atoms with E-state index in [1.807, 2.05) is 30.3 Å². The lowest BCUT2D eigenvalue weighted by Gasteiger charge is -2.23. The number of sulfonamides is 1. The maximum Gasteiger partial charge on any atom is 0.264 e. The molecule has 1 aromatic heterocycles. The van der Waals surface area contributed by atoms with Crippen molar-refractivity contribution in [1.29, 1.82) is 0 Å². The Morgan fingerprint density at radius 1 is 0.879 bits per heavy atom. The summed E-state index contributed by atoms with van der Waals surface area (Å²) in [5, 5.41) is 11.1. The summed E-state index contributed by atoms with van der Waals surface area (Å²) in [7, 11) is -3.94. The zero-order valence-electron chi connectivity index (χ0n) is 17.4. The predicted molar refractivity (Wildman–Crippen MR) is 132 cm³/mol. The van der Waals surface area contributed by atoms with Gasteiger partial charge in [0.25, 0.3) is 10.0 Å². The second-order valence-corrected chi connectivity index (χ2v) is 10.9. The monoisotopic (exact) mass is 496 g/mol. The van der Waals surface area contributed by atoms with Gasteiger partial charge in [0.2, 0.25) is 11.0 Å². The number of nitrogens with zero attached hydrogens (tertiary/aromatic N) is 3. The van der Waals surface area contributed by atoms with Crippen molar-refractivity contribution in [2.24, 2.45) is 0 Å². The van der Waals surface area contributed by atoms with Crippen LogP contribution in [0.4, 0.5) is 10.8 Å². The summed E-state index contributed by atoms with van der Waals surface area (Å²) in [6, 6.07) is 26.5. The van der Waals surface area contributed by atoms with E-state index < -0.39 is 22.5 Å². The van der Waals surface area contributed by atoms with Crippen molar-refractivity contribution < 1.29 is 13.2 Å². The molecule has 10 heteroatoms. The van der Waals surface area contributed by atoms with E-state index in [2.05, 4.69) is 15.5 Å². The first-order valence-electron chi connectivity index (χ1n) is 9.95. The van der Waals surface area contributed by atoms with Crippen molar-refractivity contribution in [1.82, 2.24) is 10.2 Å². The number of amides is 1. The van der Waals surface area contributed by atoms with Crippen molar-refractivity contribution in [2.75, 3.05) is 16.2 Å². The second kappa shape index (κ2) is 10.6. The van der Waals surface area contributed by atoms with Crippen molar-refractivity contribution in [3.8, 4) is 0 Å². The molecule has 168 valence electrons. The molecule has 0 radical (unpaired) electrons. The van der Waals surface area contributed by atoms with Crippen molar-refractivity contribution in [3.63, 3.8) is 0 Å². The summed E-state index contributed by atoms with van der Waals surface area (Å²) in [6.07, 6.45) is 0. The molecule has 4 aromatic rings. The fraction of sp³-hybridized carbons (Fsp3) is 0.0870. The number of anilines is 2. The molecule has 0 aliphatic carbocycles. The number of rotatable bonds is 9. The molecule has 0 aliphatic heterocycles. The second-order valence-electron chi connectivity index (χ2n) is 6.86. The summed E-state index contributed by atoms with van der Waals surface area (Å²) >= 11 is 2.77. The number of aromatic nitrogens is 2. The third kappa shape index (κ3) is 5.98. The zero-order chi connectivity index (χ0) is 23.1. The fourth-order valence-electron chi connectivity index (χ4n) is 2.96. The van der Waals surface area contributed by atoms with Crippen LogP contribution in [0.1, 0.15) is 5.56 Å². The SMILES string of the molecule is O=C(CN(c1ccccc1)S(=O)(=O)c1ccccc1)Nc1nnc(SCc2ccccc2)s1. The Labute approximate surface area is 200 Å². The van der Waals surface area contributed by atoms with Crippen LogP contribution in [0.25, 0.3) is 0 Å². The molecule has 4 rings (SSSR count). The summed E-state index contributed by atoms with van der Waals surface area (Å²) in [5.41, 5.74) is 1.56. The quantitative estimate of drug-likeness (QED) is 0.268. The average molecular weight is 497 g/mol. The molecule has 0 bridgehead atoms. The maximum absolute atomic E-state index is 13.3. The molecule has 33 heavy (non-hydrogen) atoms. The van der Waals surface area contributed by atoms with Crippen LogP contribution in [0, 0.1) is 0 Å². The highest BCUT2D eigenvalue weighted by atomic mass is 32.2. The number of carbonyl (C=O) groups excluding carboxylic acids is 1. The highest BCUT2D eigenvalue weighted by molar-refractivity contribution is 8.00. The summed E-state index contributed by atoms with van der Waals surface area (Å²) < 4.78 is 28.3. The average Bonchev–Trinajstić information content (AvgIpc) is 3.30. The number of benzene rings is 3. The summed E-state index contributed by atoms with van der Waals surface area (Å²) in [6.45, 7) is -0.396. The molecule has 3 aromatic carbocycles. The van der Waals surface area contributed by atoms with E-state index in [4.69, 9.17) is 0 Å². The largest absolute Gasteiger partial charge is 0.299 e. The van der Waals surface area contributed by atoms with Crippen LogP contribution < -0.4 is 9.62 Å². The smallest absolute Gasteiger partial charge is 0.264 e. The van der Waals surface area contributed by atoms with Gasteiger partial charge in [0.15, 0.2) is 4.34 Å². The van der Waals surface area contributed by atoms with Gasteiger partial charge in [0, 0.05) is 5.75 Å². The van der Waals surface area contributed by atoms with Gasteiger partial charge in [-0.1, -0.05) is 89.8 Å². The first kappa shape index (κ1) is 23.0. The number of nitrogens with one attached hydrogen (secondary N) is 1. The van der Waals surface area contributed by atoms with E-state index in [9.17, 15) is 13.2 Å². The van der Waals surface area contributed by atoms with Crippen LogP contribution >= 0.6 is 23.1 Å². The minimum atomic E-state index is -3.94. The molecule has 0 atom stereocenters. The molecular formula is C23H20N4O3S3. The van der Waals surface area contributed by atoms with Gasteiger partial charge in [-0.2, -0.15) is 0 Å². The Balaban J connectivity index is 1.46. The fourth-order valence-corrected chi connectivity index (χ4v) is 6.12. The van der Waals surface area contributed by atoms with E-state index in [0.717, 1.165) is 15.6 Å². The van der Waals surface area contributed by atoms with Crippen LogP contribution in [0.3, 0.4) is 0 Å². The standard InChI is InChI=1S/C23H20N4O3S3/c28-21(24-22-25-26-23(32-22)31-17-18-10-4-1-5-11-18)16-27(19-12-6-2-7-13-19)33(29,30)20-14-8-3-9-15-20/h1-15H,16-17H2,(H,24,25,28). The van der Waals surface area contributed by atoms with E-state index in [1.54, 1.807) is 48.5 Å². The van der Waals surface area contributed by atoms with Crippen LogP contribution in [0.2, 0.25) is 0 Å². The first-order valence-corrected chi connectivity index (χ1v) is 13.2. The number of carbonyl (C=O) groups is 1. The highest BCUT2D eigenvalue weighted by Crippen LogP contribution is 2.28. The van der Waals surface area contributed by atoms with E-state index >= 15 is 0 Å². The minimum Gasteiger partial charge on any atom is -0.299 e. The van der Waals surface area contributed by atoms with E-state index in [0.29, 0.717) is 15.2 Å². The maximum atomic E-state index is 13.3. The minimum absolute atomic E-state index is 0.108. The molecule has 0 unspecified atom stereocenters. The Bertz CT molecular complexity index is 1300. The number of hydrogen-bond donors (Lipinski definition) is 1. The van der Waals surface area contributed by atoms with Crippen LogP contribution in [0.15, 0.2) is 100 Å². The number of thioether (sulfide) groups is 1. The lowest BCUT2D eigenvalue weighted by atomic mass is 10.2. The molecule has 0 saturated heterocycles. The van der Waals surface area contributed by atoms with E-state index in [-0.39, 0.29) is 4.90 Å². The van der Waals surface area contributed by atoms with E-state index in [1.165, 1.54) is 35.2 Å². The predicted octanol–water partition coefficient (Wildman–Crippen LogP) is 4.66. The highest BCUT2D eigenvalue weighted by Gasteiger charge is 2.27. The Morgan fingerprint density at radius 3 is 2.15 bits per heavy atom. The molecule has 1 heterocycles. The Morgan fingerprint density at radius 2 is 1.48 bits per heavy atom. The van der Waals surface area contributed by atoms with Gasteiger partial charge < -0.3 is 0 Å². The van der Waals surface area contributed by atoms with Crippen molar-refractivity contribution >= 4 is 49.8 Å². The lowest BCUT2D eigenvalue weighted by molar-refractivity contribution is -0.114. The summed E-state index contributed by atoms with van der Waals surface area (Å²) in [5.74, 6) is 0.231. The molecule has 1 amide bonds. The lowest BCUT2D eigenvalue weighted by Crippen LogP contribution is -2.38. The molecule has 0 fully saturated rings. The third-order valence-corrected chi connectivity index (χ3v) is 8.35. The molecule has 1 N–H and O–H groups in total. The zero-order valence-corrected chi connectivity index (χ0v) is 19.8. The molecule has 0 saturated carbocycles. The van der Waals surface area contributed by atoms with Gasteiger partial charge in [-0.05, 0) is 29.8 Å². The normalized spacial score (nSPS) is 11.2. The molecular weight excluding hydrogens is 476 g/mol. The Kier molecular flexibility index (Phi) is 7.38. The van der Waals surface area contributed by atoms with Crippen molar-refractivity contribution in [3.05, 3.63) is 96.6 Å². The van der Waals surface area contributed by atoms with Gasteiger partial charge >= 0.3 is 0 Å². The number of hydrogen-bond acceptors (Lipinski definition) is 7. The molecule has 0 aliphatic rings. The van der Waals surface area contributed by atoms with Gasteiger partial charge in [-0.15, -0.1) is 10.2 Å². The van der Waals surface area contributed by atoms with Crippen molar-refractivity contribution in [2.45, 2.75) is 15.0 Å². The summed E-state index contributed by atoms with van der Waals surface area (Å²) in [4.78, 5) is 12.9. The van der Waals surface area contributed by atoms with Crippen LogP contribution in [-0.4, -0.2) is 31.1 Å². The Hall–Kier alpha value is -3.21. The van der Waals surface area contributed by atoms with Gasteiger partial charge in [-0.25, -0.2) is 8.42 Å². The first-order chi connectivity index (χ1) is 16.0. The van der Waals surface area contributed by atoms with Gasteiger partial charge in [-0.3, -0.25) is 14.4 Å². The van der Waals surface area contributed by atoms with Gasteiger partial charge in [0.05, 0.1) is 10.6 Å². The topological polar surface area (TPSA) is 92.3 Å². The van der Waals surface area contributed by atoms with Gasteiger partial charge in [0.1, 0.15) is 6.54 Å².